The molecule has 1 heterocycles. The van der Waals surface area contributed by atoms with Crippen LogP contribution < -0.4 is 9.80 Å². The molecule has 2 aromatic carbocycles. The van der Waals surface area contributed by atoms with Gasteiger partial charge in [0.2, 0.25) is 11.8 Å². The largest absolute Gasteiger partial charge is 0.416 e. The van der Waals surface area contributed by atoms with Gasteiger partial charge in [0.05, 0.1) is 16.3 Å². The van der Waals surface area contributed by atoms with Crippen LogP contribution in [0.2, 0.25) is 5.02 Å². The fourth-order valence-corrected chi connectivity index (χ4v) is 3.30. The van der Waals surface area contributed by atoms with Crippen LogP contribution in [-0.2, 0) is 22.2 Å². The fourth-order valence-electron chi connectivity index (χ4n) is 3.08. The molecule has 2 amide bonds. The molecule has 0 aromatic heterocycles. The van der Waals surface area contributed by atoms with Crippen LogP contribution in [0.5, 0.6) is 0 Å². The third-order valence-corrected chi connectivity index (χ3v) is 4.75. The average molecular weight is 397 g/mol. The van der Waals surface area contributed by atoms with E-state index in [9.17, 15) is 22.8 Å². The van der Waals surface area contributed by atoms with Crippen LogP contribution in [0.15, 0.2) is 42.5 Å². The van der Waals surface area contributed by atoms with Crippen LogP contribution in [0.3, 0.4) is 0 Å². The molecule has 2 aromatic rings. The molecule has 0 bridgehead atoms. The summed E-state index contributed by atoms with van der Waals surface area (Å²) in [5.74, 6) is -0.958. The van der Waals surface area contributed by atoms with E-state index in [0.29, 0.717) is 13.0 Å². The number of carbonyl (C=O) groups is 2. The van der Waals surface area contributed by atoms with Crippen molar-refractivity contribution in [1.82, 2.24) is 0 Å². The van der Waals surface area contributed by atoms with Crippen LogP contribution in [0.4, 0.5) is 24.5 Å². The van der Waals surface area contributed by atoms with Gasteiger partial charge in [-0.3, -0.25) is 9.59 Å². The predicted molar refractivity (Wildman–Crippen MR) is 97.0 cm³/mol. The Bertz CT molecular complexity index is 899. The Morgan fingerprint density at radius 2 is 1.89 bits per heavy atom. The van der Waals surface area contributed by atoms with E-state index in [0.717, 1.165) is 34.3 Å². The van der Waals surface area contributed by atoms with E-state index in [-0.39, 0.29) is 16.6 Å². The van der Waals surface area contributed by atoms with Gasteiger partial charge in [-0.15, -0.1) is 0 Å². The van der Waals surface area contributed by atoms with E-state index < -0.39 is 24.2 Å². The van der Waals surface area contributed by atoms with Crippen LogP contribution in [0.25, 0.3) is 0 Å². The zero-order chi connectivity index (χ0) is 19.8. The quantitative estimate of drug-likeness (QED) is 0.776. The minimum absolute atomic E-state index is 0.0344. The molecule has 0 unspecified atom stereocenters. The number of rotatable bonds is 3. The zero-order valence-corrected chi connectivity index (χ0v) is 15.1. The maximum absolute atomic E-state index is 13.0. The molecule has 27 heavy (non-hydrogen) atoms. The van der Waals surface area contributed by atoms with Crippen LogP contribution in [0.1, 0.15) is 18.1 Å². The molecular weight excluding hydrogens is 381 g/mol. The Hall–Kier alpha value is -2.54. The number of anilines is 2. The summed E-state index contributed by atoms with van der Waals surface area (Å²) in [4.78, 5) is 27.3. The first-order chi connectivity index (χ1) is 12.7. The van der Waals surface area contributed by atoms with Crippen molar-refractivity contribution in [3.63, 3.8) is 0 Å². The lowest BCUT2D eigenvalue weighted by Gasteiger charge is -2.26. The molecule has 4 nitrogen and oxygen atoms in total. The average Bonchev–Trinajstić information content (AvgIpc) is 3.03. The van der Waals surface area contributed by atoms with Gasteiger partial charge in [-0.2, -0.15) is 13.2 Å². The number of halogens is 4. The number of benzene rings is 2. The number of para-hydroxylation sites is 1. The molecule has 0 radical (unpaired) electrons. The molecule has 0 aliphatic carbocycles. The topological polar surface area (TPSA) is 40.6 Å². The van der Waals surface area contributed by atoms with E-state index in [1.165, 1.54) is 11.8 Å². The summed E-state index contributed by atoms with van der Waals surface area (Å²) in [7, 11) is 0. The van der Waals surface area contributed by atoms with Gasteiger partial charge in [0, 0.05) is 19.2 Å². The smallest absolute Gasteiger partial charge is 0.310 e. The van der Waals surface area contributed by atoms with E-state index in [1.54, 1.807) is 12.1 Å². The van der Waals surface area contributed by atoms with Crippen molar-refractivity contribution in [3.8, 4) is 0 Å². The monoisotopic (exact) mass is 396 g/mol. The third-order valence-electron chi connectivity index (χ3n) is 4.43. The third kappa shape index (κ3) is 3.93. The first kappa shape index (κ1) is 19.2. The molecular formula is C19H16ClF3N2O2. The van der Waals surface area contributed by atoms with Gasteiger partial charge >= 0.3 is 6.18 Å². The van der Waals surface area contributed by atoms with Gasteiger partial charge in [-0.25, -0.2) is 0 Å². The Labute approximate surface area is 159 Å². The first-order valence-electron chi connectivity index (χ1n) is 8.21. The van der Waals surface area contributed by atoms with Gasteiger partial charge in [-0.1, -0.05) is 29.8 Å². The maximum Gasteiger partial charge on any atom is 0.416 e. The van der Waals surface area contributed by atoms with Crippen molar-refractivity contribution in [2.75, 3.05) is 22.9 Å². The zero-order valence-electron chi connectivity index (χ0n) is 14.4. The minimum Gasteiger partial charge on any atom is -0.310 e. The highest BCUT2D eigenvalue weighted by Gasteiger charge is 2.33. The second kappa shape index (κ2) is 7.23. The van der Waals surface area contributed by atoms with E-state index in [2.05, 4.69) is 0 Å². The Morgan fingerprint density at radius 3 is 2.56 bits per heavy atom. The van der Waals surface area contributed by atoms with Gasteiger partial charge in [0.25, 0.3) is 0 Å². The molecule has 3 rings (SSSR count). The van der Waals surface area contributed by atoms with Gasteiger partial charge in [0.1, 0.15) is 6.54 Å². The highest BCUT2D eigenvalue weighted by Crippen LogP contribution is 2.36. The van der Waals surface area contributed by atoms with Crippen molar-refractivity contribution in [3.05, 3.63) is 58.6 Å². The molecule has 8 heteroatoms. The molecule has 0 fully saturated rings. The number of hydrogen-bond acceptors (Lipinski definition) is 2. The molecule has 0 saturated carbocycles. The second-order valence-electron chi connectivity index (χ2n) is 6.19. The second-order valence-corrected chi connectivity index (χ2v) is 6.60. The van der Waals surface area contributed by atoms with Crippen LogP contribution in [-0.4, -0.2) is 24.9 Å². The van der Waals surface area contributed by atoms with Gasteiger partial charge in [-0.05, 0) is 36.2 Å². The summed E-state index contributed by atoms with van der Waals surface area (Å²) in [5.41, 5.74) is 0.686. The van der Waals surface area contributed by atoms with E-state index in [4.69, 9.17) is 11.6 Å². The number of amides is 2. The molecule has 0 saturated heterocycles. The predicted octanol–water partition coefficient (Wildman–Crippen LogP) is 4.30. The summed E-state index contributed by atoms with van der Waals surface area (Å²) in [5, 5.41) is -0.0344. The summed E-state index contributed by atoms with van der Waals surface area (Å²) < 4.78 is 39.0. The van der Waals surface area contributed by atoms with Crippen molar-refractivity contribution < 1.29 is 22.8 Å². The summed E-state index contributed by atoms with van der Waals surface area (Å²) in [6, 6.07) is 10.1. The number of nitrogens with zero attached hydrogens (tertiary/aromatic N) is 2. The minimum atomic E-state index is -4.58. The standard InChI is InChI=1S/C19H16ClF3N2O2/c1-12(26)25(17-10-14(19(21,22)23)6-7-15(17)20)11-18(27)24-9-8-13-4-2-3-5-16(13)24/h2-7,10H,8-9,11H2,1H3. The first-order valence-corrected chi connectivity index (χ1v) is 8.59. The maximum atomic E-state index is 13.0. The molecule has 1 aliphatic rings. The lowest BCUT2D eigenvalue weighted by atomic mass is 10.1. The number of fused-ring (bicyclic) bond motifs is 1. The SMILES string of the molecule is CC(=O)N(CC(=O)N1CCc2ccccc21)c1cc(C(F)(F)F)ccc1Cl. The van der Waals surface area contributed by atoms with Crippen molar-refractivity contribution in [2.24, 2.45) is 0 Å². The van der Waals surface area contributed by atoms with E-state index in [1.807, 2.05) is 12.1 Å². The van der Waals surface area contributed by atoms with Gasteiger partial charge in [0.15, 0.2) is 0 Å². The normalized spacial score (nSPS) is 13.4. The molecule has 0 atom stereocenters. The van der Waals surface area contributed by atoms with Gasteiger partial charge < -0.3 is 9.80 Å². The van der Waals surface area contributed by atoms with Crippen molar-refractivity contribution in [1.29, 1.82) is 0 Å². The summed E-state index contributed by atoms with van der Waals surface area (Å²) >= 11 is 6.02. The molecule has 0 spiro atoms. The summed E-state index contributed by atoms with van der Waals surface area (Å²) in [6.07, 6.45) is -3.90. The highest BCUT2D eigenvalue weighted by molar-refractivity contribution is 6.34. The van der Waals surface area contributed by atoms with Crippen LogP contribution in [0, 0.1) is 0 Å². The summed E-state index contributed by atoms with van der Waals surface area (Å²) in [6.45, 7) is 1.24. The lowest BCUT2D eigenvalue weighted by molar-refractivity contribution is -0.137. The molecule has 0 N–H and O–H groups in total. The number of hydrogen-bond donors (Lipinski definition) is 0. The fraction of sp³-hybridized carbons (Fsp3) is 0.263. The van der Waals surface area contributed by atoms with Crippen molar-refractivity contribution in [2.45, 2.75) is 19.5 Å². The lowest BCUT2D eigenvalue weighted by Crippen LogP contribution is -2.42. The number of carbonyl (C=O) groups excluding carboxylic acids is 2. The molecule has 142 valence electrons. The van der Waals surface area contributed by atoms with Crippen molar-refractivity contribution >= 4 is 34.8 Å². The number of alkyl halides is 3. The molecule has 1 aliphatic heterocycles. The van der Waals surface area contributed by atoms with Crippen LogP contribution >= 0.6 is 11.6 Å². The Balaban J connectivity index is 1.90. The Kier molecular flexibility index (Phi) is 5.15. The highest BCUT2D eigenvalue weighted by atomic mass is 35.5. The van der Waals surface area contributed by atoms with E-state index >= 15 is 0 Å². The Morgan fingerprint density at radius 1 is 1.19 bits per heavy atom.